The maximum Gasteiger partial charge on any atom is 0.240 e. The van der Waals surface area contributed by atoms with E-state index in [-0.39, 0.29) is 17.5 Å². The number of sulfonamides is 1. The molecule has 0 bridgehead atoms. The lowest BCUT2D eigenvalue weighted by molar-refractivity contribution is 0.280. The number of aliphatic hydroxyl groups is 1. The highest BCUT2D eigenvalue weighted by molar-refractivity contribution is 7.89. The molecule has 1 aromatic carbocycles. The van der Waals surface area contributed by atoms with Crippen molar-refractivity contribution in [3.8, 4) is 0 Å². The van der Waals surface area contributed by atoms with Gasteiger partial charge in [-0.25, -0.2) is 13.1 Å². The van der Waals surface area contributed by atoms with Crippen molar-refractivity contribution in [3.05, 3.63) is 29.3 Å². The van der Waals surface area contributed by atoms with Gasteiger partial charge in [0.15, 0.2) is 0 Å². The molecule has 0 heterocycles. The third-order valence-electron chi connectivity index (χ3n) is 3.03. The van der Waals surface area contributed by atoms with Gasteiger partial charge in [-0.1, -0.05) is 13.0 Å². The number of likely N-dealkylation sites (N-methyl/N-ethyl adjacent to an activating group) is 1. The molecule has 0 radical (unpaired) electrons. The molecule has 1 aromatic rings. The number of aliphatic hydroxyl groups excluding tert-OH is 1. The van der Waals surface area contributed by atoms with E-state index in [1.807, 2.05) is 32.8 Å². The first-order valence-electron chi connectivity index (χ1n) is 6.69. The Morgan fingerprint density at radius 2 is 1.95 bits per heavy atom. The molecule has 0 saturated heterocycles. The van der Waals surface area contributed by atoms with Gasteiger partial charge in [-0.3, -0.25) is 0 Å². The van der Waals surface area contributed by atoms with Gasteiger partial charge in [0.1, 0.15) is 0 Å². The van der Waals surface area contributed by atoms with E-state index in [4.69, 9.17) is 0 Å². The fourth-order valence-electron chi connectivity index (χ4n) is 2.18. The number of nitrogens with zero attached hydrogens (tertiary/aromatic N) is 1. The van der Waals surface area contributed by atoms with E-state index in [0.29, 0.717) is 12.1 Å². The van der Waals surface area contributed by atoms with E-state index in [2.05, 4.69) is 4.72 Å². The van der Waals surface area contributed by atoms with Crippen LogP contribution in [-0.4, -0.2) is 45.1 Å². The minimum atomic E-state index is -3.55. The average Bonchev–Trinajstić information content (AvgIpc) is 2.36. The number of aryl methyl sites for hydroxylation is 1. The zero-order chi connectivity index (χ0) is 15.3. The molecule has 1 unspecified atom stereocenters. The molecule has 2 N–H and O–H groups in total. The van der Waals surface area contributed by atoms with E-state index in [1.165, 1.54) is 0 Å². The zero-order valence-corrected chi connectivity index (χ0v) is 13.4. The van der Waals surface area contributed by atoms with Crippen molar-refractivity contribution < 1.29 is 13.5 Å². The minimum Gasteiger partial charge on any atom is -0.392 e. The van der Waals surface area contributed by atoms with Crippen LogP contribution in [0.4, 0.5) is 0 Å². The molecule has 0 fully saturated rings. The molecular weight excluding hydrogens is 276 g/mol. The third kappa shape index (κ3) is 4.56. The second kappa shape index (κ2) is 7.17. The normalized spacial score (nSPS) is 13.7. The van der Waals surface area contributed by atoms with Crippen LogP contribution in [0.1, 0.15) is 25.0 Å². The van der Waals surface area contributed by atoms with Gasteiger partial charge in [-0.05, 0) is 50.7 Å². The Kier molecular flexibility index (Phi) is 6.13. The maximum atomic E-state index is 12.3. The van der Waals surface area contributed by atoms with E-state index in [0.717, 1.165) is 12.0 Å². The summed E-state index contributed by atoms with van der Waals surface area (Å²) in [5.74, 6) is 0. The Hall–Kier alpha value is -0.950. The highest BCUT2D eigenvalue weighted by Crippen LogP contribution is 2.17. The Labute approximate surface area is 121 Å². The monoisotopic (exact) mass is 300 g/mol. The van der Waals surface area contributed by atoms with Gasteiger partial charge in [0.05, 0.1) is 11.5 Å². The van der Waals surface area contributed by atoms with Crippen molar-refractivity contribution in [2.24, 2.45) is 0 Å². The predicted molar refractivity (Wildman–Crippen MR) is 80.1 cm³/mol. The summed E-state index contributed by atoms with van der Waals surface area (Å²) in [7, 11) is 0.237. The first kappa shape index (κ1) is 17.1. The van der Waals surface area contributed by atoms with Crippen LogP contribution in [0.5, 0.6) is 0 Å². The second-order valence-corrected chi connectivity index (χ2v) is 6.94. The fraction of sp³-hybridized carbons (Fsp3) is 0.571. The van der Waals surface area contributed by atoms with Gasteiger partial charge in [0.25, 0.3) is 0 Å². The molecule has 1 atom stereocenters. The molecular formula is C14H24N2O3S. The number of rotatable bonds is 7. The Morgan fingerprint density at radius 1 is 1.30 bits per heavy atom. The molecule has 20 heavy (non-hydrogen) atoms. The summed E-state index contributed by atoms with van der Waals surface area (Å²) in [5.41, 5.74) is 1.63. The Morgan fingerprint density at radius 3 is 2.45 bits per heavy atom. The molecule has 6 heteroatoms. The average molecular weight is 300 g/mol. The molecule has 1 rings (SSSR count). The summed E-state index contributed by atoms with van der Waals surface area (Å²) in [6.07, 6.45) is 0.765. The molecule has 0 aliphatic carbocycles. The predicted octanol–water partition coefficient (Wildman–Crippen LogP) is 0.970. The summed E-state index contributed by atoms with van der Waals surface area (Å²) in [6, 6.07) is 4.71. The fourth-order valence-corrected chi connectivity index (χ4v) is 3.46. The van der Waals surface area contributed by atoms with E-state index in [1.54, 1.807) is 18.2 Å². The summed E-state index contributed by atoms with van der Waals surface area (Å²) < 4.78 is 27.2. The van der Waals surface area contributed by atoms with Crippen LogP contribution in [0.3, 0.4) is 0 Å². The molecule has 114 valence electrons. The van der Waals surface area contributed by atoms with Crippen LogP contribution in [0.25, 0.3) is 0 Å². The molecule has 0 aliphatic rings. The highest BCUT2D eigenvalue weighted by Gasteiger charge is 2.18. The zero-order valence-electron chi connectivity index (χ0n) is 12.5. The summed E-state index contributed by atoms with van der Waals surface area (Å²) in [4.78, 5) is 2.12. The number of nitrogens with one attached hydrogen (secondary N) is 1. The topological polar surface area (TPSA) is 69.6 Å². The highest BCUT2D eigenvalue weighted by atomic mass is 32.2. The van der Waals surface area contributed by atoms with Crippen LogP contribution >= 0.6 is 0 Å². The summed E-state index contributed by atoms with van der Waals surface area (Å²) >= 11 is 0. The maximum absolute atomic E-state index is 12.3. The van der Waals surface area contributed by atoms with Gasteiger partial charge in [0.2, 0.25) is 10.0 Å². The summed E-state index contributed by atoms with van der Waals surface area (Å²) in [5, 5.41) is 9.32. The SMILES string of the molecule is CCc1ccc(S(=O)(=O)NC(C)CN(C)C)cc1CO. The lowest BCUT2D eigenvalue weighted by atomic mass is 10.1. The second-order valence-electron chi connectivity index (χ2n) is 5.23. The standard InChI is InChI=1S/C14H24N2O3S/c1-5-12-6-7-14(8-13(12)10-17)20(18,19)15-11(2)9-16(3)4/h6-8,11,15,17H,5,9-10H2,1-4H3. The molecule has 0 aromatic heterocycles. The quantitative estimate of drug-likeness (QED) is 0.787. The molecule has 0 spiro atoms. The van der Waals surface area contributed by atoms with Gasteiger partial charge >= 0.3 is 0 Å². The van der Waals surface area contributed by atoms with Crippen molar-refractivity contribution in [1.29, 1.82) is 0 Å². The molecule has 0 aliphatic heterocycles. The largest absolute Gasteiger partial charge is 0.392 e. The third-order valence-corrected chi connectivity index (χ3v) is 4.62. The van der Waals surface area contributed by atoms with E-state index in [9.17, 15) is 13.5 Å². The van der Waals surface area contributed by atoms with Crippen LogP contribution in [-0.2, 0) is 23.1 Å². The van der Waals surface area contributed by atoms with Gasteiger partial charge in [-0.15, -0.1) is 0 Å². The first-order chi connectivity index (χ1) is 9.30. The van der Waals surface area contributed by atoms with Crippen molar-refractivity contribution in [2.45, 2.75) is 37.8 Å². The van der Waals surface area contributed by atoms with Gasteiger partial charge < -0.3 is 10.0 Å². The van der Waals surface area contributed by atoms with Crippen molar-refractivity contribution in [1.82, 2.24) is 9.62 Å². The lowest BCUT2D eigenvalue weighted by Gasteiger charge is -2.18. The molecule has 5 nitrogen and oxygen atoms in total. The first-order valence-corrected chi connectivity index (χ1v) is 8.18. The minimum absolute atomic E-state index is 0.153. The smallest absolute Gasteiger partial charge is 0.240 e. The van der Waals surface area contributed by atoms with Crippen LogP contribution in [0.2, 0.25) is 0 Å². The Balaban J connectivity index is 2.98. The van der Waals surface area contributed by atoms with Gasteiger partial charge in [0, 0.05) is 12.6 Å². The van der Waals surface area contributed by atoms with E-state index < -0.39 is 10.0 Å². The number of hydrogen-bond acceptors (Lipinski definition) is 4. The Bertz CT molecular complexity index is 541. The van der Waals surface area contributed by atoms with Crippen molar-refractivity contribution in [3.63, 3.8) is 0 Å². The van der Waals surface area contributed by atoms with Crippen LogP contribution in [0, 0.1) is 0 Å². The van der Waals surface area contributed by atoms with Crippen molar-refractivity contribution >= 4 is 10.0 Å². The van der Waals surface area contributed by atoms with E-state index >= 15 is 0 Å². The lowest BCUT2D eigenvalue weighted by Crippen LogP contribution is -2.39. The van der Waals surface area contributed by atoms with Crippen molar-refractivity contribution in [2.75, 3.05) is 20.6 Å². The number of hydrogen-bond donors (Lipinski definition) is 2. The number of benzene rings is 1. The van der Waals surface area contributed by atoms with Gasteiger partial charge in [-0.2, -0.15) is 0 Å². The molecule has 0 amide bonds. The summed E-state index contributed by atoms with van der Waals surface area (Å²) in [6.45, 7) is 4.27. The van der Waals surface area contributed by atoms with Crippen LogP contribution < -0.4 is 4.72 Å². The van der Waals surface area contributed by atoms with Crippen LogP contribution in [0.15, 0.2) is 23.1 Å². The molecule has 0 saturated carbocycles.